The van der Waals surface area contributed by atoms with Gasteiger partial charge in [-0.25, -0.2) is 9.37 Å². The highest BCUT2D eigenvalue weighted by atomic mass is 19.1. The molecular formula is C31H32FN5O3. The topological polar surface area (TPSA) is 97.2 Å². The maximum atomic E-state index is 14.0. The molecule has 0 radical (unpaired) electrons. The lowest BCUT2D eigenvalue weighted by atomic mass is 9.87. The van der Waals surface area contributed by atoms with Gasteiger partial charge in [0, 0.05) is 43.4 Å². The Hall–Kier alpha value is -4.66. The molecule has 0 aliphatic rings. The maximum absolute atomic E-state index is 14.0. The number of anilines is 1. The fourth-order valence-corrected chi connectivity index (χ4v) is 4.31. The van der Waals surface area contributed by atoms with Gasteiger partial charge in [-0.3, -0.25) is 24.3 Å². The van der Waals surface area contributed by atoms with Crippen molar-refractivity contribution in [3.8, 4) is 0 Å². The van der Waals surface area contributed by atoms with Crippen LogP contribution in [-0.2, 0) is 23.7 Å². The molecule has 0 fully saturated rings. The Morgan fingerprint density at radius 1 is 1.05 bits per heavy atom. The first-order valence-corrected chi connectivity index (χ1v) is 12.9. The first-order chi connectivity index (χ1) is 19.0. The molecule has 0 saturated carbocycles. The van der Waals surface area contributed by atoms with Gasteiger partial charge in [0.1, 0.15) is 17.6 Å². The Labute approximate surface area is 232 Å². The number of nitrogens with one attached hydrogen (secondary N) is 1. The van der Waals surface area contributed by atoms with Crippen LogP contribution in [0.25, 0.3) is 0 Å². The lowest BCUT2D eigenvalue weighted by Crippen LogP contribution is -2.45. The quantitative estimate of drug-likeness (QED) is 0.358. The standard InChI is InChI=1S/C31H32FN5O3/c1-31(2,3)23-10-12-25(13-11-23)37(30(40)26-20-36(4)27(38)19-35-26)28(22-8-6-15-33-18-22)29(39)34-16-14-21-7-5-9-24(32)17-21/h5-13,15,17-20,28H,14,16H2,1-4H3,(H,34,39). The summed E-state index contributed by atoms with van der Waals surface area (Å²) in [7, 11) is 1.53. The molecule has 2 amide bonds. The van der Waals surface area contributed by atoms with Crippen molar-refractivity contribution in [3.63, 3.8) is 0 Å². The van der Waals surface area contributed by atoms with E-state index in [1.807, 2.05) is 12.1 Å². The SMILES string of the molecule is Cn1cc(C(=O)N(c2ccc(C(C)(C)C)cc2)C(C(=O)NCCc2cccc(F)c2)c2cccnc2)ncc1=O. The van der Waals surface area contributed by atoms with Crippen LogP contribution in [0.2, 0.25) is 0 Å². The molecule has 4 rings (SSSR count). The normalized spacial score (nSPS) is 12.0. The molecular weight excluding hydrogens is 509 g/mol. The summed E-state index contributed by atoms with van der Waals surface area (Å²) < 4.78 is 14.9. The molecule has 2 aromatic carbocycles. The number of carbonyl (C=O) groups excluding carboxylic acids is 2. The summed E-state index contributed by atoms with van der Waals surface area (Å²) in [5.41, 5.74) is 2.27. The minimum Gasteiger partial charge on any atom is -0.354 e. The number of rotatable bonds is 8. The number of hydrogen-bond donors (Lipinski definition) is 1. The second-order valence-corrected chi connectivity index (χ2v) is 10.6. The Morgan fingerprint density at radius 2 is 1.80 bits per heavy atom. The summed E-state index contributed by atoms with van der Waals surface area (Å²) >= 11 is 0. The number of benzene rings is 2. The lowest BCUT2D eigenvalue weighted by Gasteiger charge is -2.31. The van der Waals surface area contributed by atoms with Crippen molar-refractivity contribution < 1.29 is 14.0 Å². The maximum Gasteiger partial charge on any atom is 0.279 e. The van der Waals surface area contributed by atoms with E-state index in [-0.39, 0.29) is 29.0 Å². The molecule has 8 nitrogen and oxygen atoms in total. The van der Waals surface area contributed by atoms with Gasteiger partial charge in [-0.15, -0.1) is 0 Å². The highest BCUT2D eigenvalue weighted by molar-refractivity contribution is 6.09. The van der Waals surface area contributed by atoms with Gasteiger partial charge in [0.15, 0.2) is 0 Å². The third kappa shape index (κ3) is 6.66. The van der Waals surface area contributed by atoms with Gasteiger partial charge >= 0.3 is 0 Å². The third-order valence-electron chi connectivity index (χ3n) is 6.54. The van der Waals surface area contributed by atoms with Gasteiger partial charge in [0.25, 0.3) is 11.5 Å². The summed E-state index contributed by atoms with van der Waals surface area (Å²) in [4.78, 5) is 49.5. The highest BCUT2D eigenvalue weighted by Crippen LogP contribution is 2.31. The zero-order chi connectivity index (χ0) is 28.9. The fraction of sp³-hybridized carbons (Fsp3) is 0.258. The number of nitrogens with zero attached hydrogens (tertiary/aromatic N) is 4. The van der Waals surface area contributed by atoms with Crippen molar-refractivity contribution in [1.29, 1.82) is 0 Å². The molecule has 2 aromatic heterocycles. The van der Waals surface area contributed by atoms with Crippen LogP contribution in [0.3, 0.4) is 0 Å². The summed E-state index contributed by atoms with van der Waals surface area (Å²) in [5, 5.41) is 2.90. The van der Waals surface area contributed by atoms with Crippen LogP contribution in [0.5, 0.6) is 0 Å². The van der Waals surface area contributed by atoms with Crippen molar-refractivity contribution in [3.05, 3.63) is 124 Å². The molecule has 1 unspecified atom stereocenters. The number of aromatic nitrogens is 3. The number of pyridine rings is 1. The van der Waals surface area contributed by atoms with Crippen molar-refractivity contribution in [1.82, 2.24) is 19.9 Å². The van der Waals surface area contributed by atoms with Crippen LogP contribution in [-0.4, -0.2) is 32.9 Å². The number of halogens is 1. The summed E-state index contributed by atoms with van der Waals surface area (Å²) in [5.74, 6) is -1.35. The van der Waals surface area contributed by atoms with Crippen molar-refractivity contribution in [2.45, 2.75) is 38.6 Å². The molecule has 1 N–H and O–H groups in total. The smallest absolute Gasteiger partial charge is 0.279 e. The van der Waals surface area contributed by atoms with Crippen LogP contribution in [0.15, 0.2) is 90.2 Å². The van der Waals surface area contributed by atoms with Crippen LogP contribution in [0.1, 0.15) is 54.0 Å². The van der Waals surface area contributed by atoms with Gasteiger partial charge in [0.2, 0.25) is 5.91 Å². The molecule has 0 spiro atoms. The summed E-state index contributed by atoms with van der Waals surface area (Å²) in [6.45, 7) is 6.49. The fourth-order valence-electron chi connectivity index (χ4n) is 4.31. The molecule has 40 heavy (non-hydrogen) atoms. The van der Waals surface area contributed by atoms with Crippen molar-refractivity contribution >= 4 is 17.5 Å². The third-order valence-corrected chi connectivity index (χ3v) is 6.54. The van der Waals surface area contributed by atoms with Gasteiger partial charge in [-0.1, -0.05) is 51.1 Å². The minimum absolute atomic E-state index is 0.00319. The zero-order valence-electron chi connectivity index (χ0n) is 23.0. The highest BCUT2D eigenvalue weighted by Gasteiger charge is 2.34. The number of hydrogen-bond acceptors (Lipinski definition) is 5. The Balaban J connectivity index is 1.75. The lowest BCUT2D eigenvalue weighted by molar-refractivity contribution is -0.122. The van der Waals surface area contributed by atoms with Crippen LogP contribution >= 0.6 is 0 Å². The molecule has 0 saturated heterocycles. The van der Waals surface area contributed by atoms with E-state index in [0.29, 0.717) is 17.7 Å². The van der Waals surface area contributed by atoms with Crippen molar-refractivity contribution in [2.75, 3.05) is 11.4 Å². The minimum atomic E-state index is -1.10. The number of carbonyl (C=O) groups is 2. The van der Waals surface area contributed by atoms with E-state index < -0.39 is 17.9 Å². The Morgan fingerprint density at radius 3 is 2.42 bits per heavy atom. The second-order valence-electron chi connectivity index (χ2n) is 10.6. The van der Waals surface area contributed by atoms with E-state index in [9.17, 15) is 18.8 Å². The first kappa shape index (κ1) is 28.4. The first-order valence-electron chi connectivity index (χ1n) is 12.9. The van der Waals surface area contributed by atoms with Crippen LogP contribution in [0.4, 0.5) is 10.1 Å². The van der Waals surface area contributed by atoms with E-state index in [1.54, 1.807) is 42.6 Å². The predicted octanol–water partition coefficient (Wildman–Crippen LogP) is 4.36. The number of aryl methyl sites for hydroxylation is 1. The Bertz CT molecular complexity index is 1550. The zero-order valence-corrected chi connectivity index (χ0v) is 23.0. The van der Waals surface area contributed by atoms with Crippen molar-refractivity contribution in [2.24, 2.45) is 7.05 Å². The van der Waals surface area contributed by atoms with Gasteiger partial charge < -0.3 is 9.88 Å². The van der Waals surface area contributed by atoms with E-state index in [2.05, 4.69) is 36.1 Å². The molecule has 9 heteroatoms. The summed E-state index contributed by atoms with van der Waals surface area (Å²) in [6.07, 6.45) is 5.95. The van der Waals surface area contributed by atoms with E-state index in [4.69, 9.17) is 0 Å². The molecule has 0 bridgehead atoms. The van der Waals surface area contributed by atoms with E-state index in [0.717, 1.165) is 17.3 Å². The molecule has 206 valence electrons. The van der Waals surface area contributed by atoms with E-state index >= 15 is 0 Å². The largest absolute Gasteiger partial charge is 0.354 e. The second kappa shape index (κ2) is 12.0. The summed E-state index contributed by atoms with van der Waals surface area (Å²) in [6, 6.07) is 15.9. The van der Waals surface area contributed by atoms with E-state index in [1.165, 1.54) is 41.0 Å². The molecule has 2 heterocycles. The van der Waals surface area contributed by atoms with Crippen LogP contribution in [0, 0.1) is 5.82 Å². The molecule has 0 aliphatic heterocycles. The van der Waals surface area contributed by atoms with Crippen LogP contribution < -0.4 is 15.8 Å². The molecule has 0 aliphatic carbocycles. The number of amides is 2. The average Bonchev–Trinajstić information content (AvgIpc) is 2.93. The van der Waals surface area contributed by atoms with Gasteiger partial charge in [0.05, 0.1) is 6.20 Å². The Kier molecular flexibility index (Phi) is 8.52. The monoisotopic (exact) mass is 541 g/mol. The molecule has 4 aromatic rings. The average molecular weight is 542 g/mol. The molecule has 1 atom stereocenters. The van der Waals surface area contributed by atoms with Gasteiger partial charge in [-0.05, 0) is 53.3 Å². The van der Waals surface area contributed by atoms with Gasteiger partial charge in [-0.2, -0.15) is 0 Å². The predicted molar refractivity (Wildman–Crippen MR) is 152 cm³/mol.